The van der Waals surface area contributed by atoms with E-state index in [0.29, 0.717) is 0 Å². The molecule has 0 amide bonds. The van der Waals surface area contributed by atoms with E-state index in [2.05, 4.69) is 31.0 Å². The SMILES string of the molecule is Brc1ccn2c(N3CCCC3)nnc2c1. The number of nitrogens with zero attached hydrogens (tertiary/aromatic N) is 4. The van der Waals surface area contributed by atoms with Gasteiger partial charge in [-0.05, 0) is 25.0 Å². The molecule has 4 nitrogen and oxygen atoms in total. The van der Waals surface area contributed by atoms with E-state index < -0.39 is 0 Å². The van der Waals surface area contributed by atoms with E-state index in [4.69, 9.17) is 0 Å². The van der Waals surface area contributed by atoms with Crippen LogP contribution in [0.3, 0.4) is 0 Å². The van der Waals surface area contributed by atoms with Crippen molar-refractivity contribution in [2.75, 3.05) is 18.0 Å². The van der Waals surface area contributed by atoms with Gasteiger partial charge in [0.15, 0.2) is 5.65 Å². The first-order valence-corrected chi connectivity index (χ1v) is 5.89. The average molecular weight is 267 g/mol. The number of hydrogen-bond acceptors (Lipinski definition) is 3. The zero-order chi connectivity index (χ0) is 10.3. The summed E-state index contributed by atoms with van der Waals surface area (Å²) in [4.78, 5) is 2.29. The molecule has 3 heterocycles. The molecule has 0 atom stereocenters. The molecular formula is C10H11BrN4. The van der Waals surface area contributed by atoms with Crippen molar-refractivity contribution in [1.82, 2.24) is 14.6 Å². The second kappa shape index (κ2) is 3.48. The molecule has 3 rings (SSSR count). The quantitative estimate of drug-likeness (QED) is 0.793. The van der Waals surface area contributed by atoms with Crippen molar-refractivity contribution < 1.29 is 0 Å². The standard InChI is InChI=1S/C10H11BrN4/c11-8-3-6-15-9(7-8)12-13-10(15)14-4-1-2-5-14/h3,6-7H,1-2,4-5H2. The van der Waals surface area contributed by atoms with Gasteiger partial charge >= 0.3 is 0 Å². The Balaban J connectivity index is 2.11. The molecular weight excluding hydrogens is 256 g/mol. The van der Waals surface area contributed by atoms with Gasteiger partial charge in [0.2, 0.25) is 5.95 Å². The average Bonchev–Trinajstić information content (AvgIpc) is 2.82. The van der Waals surface area contributed by atoms with Gasteiger partial charge in [0, 0.05) is 23.8 Å². The third-order valence-electron chi connectivity index (χ3n) is 2.74. The minimum absolute atomic E-state index is 0.895. The molecule has 0 aliphatic carbocycles. The summed E-state index contributed by atoms with van der Waals surface area (Å²) < 4.78 is 3.08. The summed E-state index contributed by atoms with van der Waals surface area (Å²) in [5, 5.41) is 8.40. The first kappa shape index (κ1) is 9.15. The maximum absolute atomic E-state index is 4.24. The summed E-state index contributed by atoms with van der Waals surface area (Å²) in [5.41, 5.74) is 0.895. The predicted octanol–water partition coefficient (Wildman–Crippen LogP) is 2.09. The molecule has 1 saturated heterocycles. The van der Waals surface area contributed by atoms with E-state index in [9.17, 15) is 0 Å². The Kier molecular flexibility index (Phi) is 2.12. The highest BCUT2D eigenvalue weighted by Gasteiger charge is 2.17. The van der Waals surface area contributed by atoms with E-state index in [1.165, 1.54) is 12.8 Å². The molecule has 1 fully saturated rings. The number of fused-ring (bicyclic) bond motifs is 1. The molecule has 15 heavy (non-hydrogen) atoms. The van der Waals surface area contributed by atoms with Crippen LogP contribution < -0.4 is 4.90 Å². The van der Waals surface area contributed by atoms with Crippen LogP contribution in [0.1, 0.15) is 12.8 Å². The molecule has 0 radical (unpaired) electrons. The van der Waals surface area contributed by atoms with E-state index in [-0.39, 0.29) is 0 Å². The third-order valence-corrected chi connectivity index (χ3v) is 3.24. The van der Waals surface area contributed by atoms with Crippen LogP contribution >= 0.6 is 15.9 Å². The lowest BCUT2D eigenvalue weighted by Gasteiger charge is -2.13. The van der Waals surface area contributed by atoms with Crippen LogP contribution in [0.4, 0.5) is 5.95 Å². The van der Waals surface area contributed by atoms with Gasteiger partial charge < -0.3 is 4.90 Å². The van der Waals surface area contributed by atoms with Gasteiger partial charge in [0.25, 0.3) is 0 Å². The molecule has 0 spiro atoms. The Labute approximate surface area is 96.0 Å². The second-order valence-electron chi connectivity index (χ2n) is 3.77. The number of anilines is 1. The molecule has 0 unspecified atom stereocenters. The molecule has 0 bridgehead atoms. The molecule has 2 aromatic heterocycles. The van der Waals surface area contributed by atoms with Gasteiger partial charge in [-0.25, -0.2) is 0 Å². The summed E-state index contributed by atoms with van der Waals surface area (Å²) in [6.45, 7) is 2.19. The van der Waals surface area contributed by atoms with Crippen molar-refractivity contribution >= 4 is 27.5 Å². The fraction of sp³-hybridized carbons (Fsp3) is 0.400. The van der Waals surface area contributed by atoms with Crippen LogP contribution in [-0.2, 0) is 0 Å². The summed E-state index contributed by atoms with van der Waals surface area (Å²) in [5.74, 6) is 0.968. The Morgan fingerprint density at radius 2 is 2.00 bits per heavy atom. The van der Waals surface area contributed by atoms with Crippen molar-refractivity contribution in [2.45, 2.75) is 12.8 Å². The second-order valence-corrected chi connectivity index (χ2v) is 4.68. The van der Waals surface area contributed by atoms with Crippen molar-refractivity contribution in [3.8, 4) is 0 Å². The molecule has 0 saturated carbocycles. The highest BCUT2D eigenvalue weighted by Crippen LogP contribution is 2.20. The van der Waals surface area contributed by atoms with E-state index in [0.717, 1.165) is 29.2 Å². The van der Waals surface area contributed by atoms with E-state index in [1.807, 2.05) is 22.7 Å². The molecule has 0 N–H and O–H groups in total. The van der Waals surface area contributed by atoms with Crippen LogP contribution in [0.2, 0.25) is 0 Å². The highest BCUT2D eigenvalue weighted by atomic mass is 79.9. The van der Waals surface area contributed by atoms with Crippen molar-refractivity contribution in [3.05, 3.63) is 22.8 Å². The maximum Gasteiger partial charge on any atom is 0.231 e. The zero-order valence-corrected chi connectivity index (χ0v) is 9.81. The maximum atomic E-state index is 4.24. The van der Waals surface area contributed by atoms with Gasteiger partial charge in [-0.3, -0.25) is 4.40 Å². The summed E-state index contributed by atoms with van der Waals surface area (Å²) in [7, 11) is 0. The Morgan fingerprint density at radius 3 is 2.80 bits per heavy atom. The minimum Gasteiger partial charge on any atom is -0.341 e. The molecule has 2 aromatic rings. The minimum atomic E-state index is 0.895. The van der Waals surface area contributed by atoms with Crippen molar-refractivity contribution in [2.24, 2.45) is 0 Å². The molecule has 1 aliphatic rings. The Hall–Kier alpha value is -1.10. The monoisotopic (exact) mass is 266 g/mol. The smallest absolute Gasteiger partial charge is 0.231 e. The van der Waals surface area contributed by atoms with Crippen molar-refractivity contribution in [3.63, 3.8) is 0 Å². The fourth-order valence-corrected chi connectivity index (χ4v) is 2.31. The van der Waals surface area contributed by atoms with E-state index in [1.54, 1.807) is 0 Å². The third kappa shape index (κ3) is 1.51. The van der Waals surface area contributed by atoms with Crippen LogP contribution in [0.5, 0.6) is 0 Å². The summed E-state index contributed by atoms with van der Waals surface area (Å²) in [6, 6.07) is 3.99. The van der Waals surface area contributed by atoms with Gasteiger partial charge in [0.05, 0.1) is 0 Å². The van der Waals surface area contributed by atoms with Gasteiger partial charge in [-0.1, -0.05) is 15.9 Å². The zero-order valence-electron chi connectivity index (χ0n) is 8.23. The Morgan fingerprint density at radius 1 is 1.20 bits per heavy atom. The lowest BCUT2D eigenvalue weighted by molar-refractivity contribution is 0.884. The van der Waals surface area contributed by atoms with Crippen molar-refractivity contribution in [1.29, 1.82) is 0 Å². The lowest BCUT2D eigenvalue weighted by atomic mass is 10.4. The number of pyridine rings is 1. The topological polar surface area (TPSA) is 33.4 Å². The number of aromatic nitrogens is 3. The number of rotatable bonds is 1. The number of hydrogen-bond donors (Lipinski definition) is 0. The molecule has 5 heteroatoms. The highest BCUT2D eigenvalue weighted by molar-refractivity contribution is 9.10. The largest absolute Gasteiger partial charge is 0.341 e. The van der Waals surface area contributed by atoms with Crippen LogP contribution in [-0.4, -0.2) is 27.7 Å². The van der Waals surface area contributed by atoms with E-state index >= 15 is 0 Å². The van der Waals surface area contributed by atoms with Crippen LogP contribution in [0, 0.1) is 0 Å². The fourth-order valence-electron chi connectivity index (χ4n) is 1.99. The summed E-state index contributed by atoms with van der Waals surface area (Å²) >= 11 is 3.43. The Bertz CT molecular complexity index is 487. The van der Waals surface area contributed by atoms with Gasteiger partial charge in [-0.15, -0.1) is 10.2 Å². The molecule has 1 aliphatic heterocycles. The molecule has 78 valence electrons. The van der Waals surface area contributed by atoms with Gasteiger partial charge in [0.1, 0.15) is 0 Å². The van der Waals surface area contributed by atoms with Crippen LogP contribution in [0.25, 0.3) is 5.65 Å². The van der Waals surface area contributed by atoms with Crippen LogP contribution in [0.15, 0.2) is 22.8 Å². The summed E-state index contributed by atoms with van der Waals surface area (Å²) in [6.07, 6.45) is 4.52. The first-order chi connectivity index (χ1) is 7.34. The van der Waals surface area contributed by atoms with Gasteiger partial charge in [-0.2, -0.15) is 0 Å². The lowest BCUT2D eigenvalue weighted by Crippen LogP contribution is -2.20. The predicted molar refractivity (Wildman–Crippen MR) is 62.1 cm³/mol. The molecule has 0 aromatic carbocycles. The number of halogens is 1. The normalized spacial score (nSPS) is 16.5. The first-order valence-electron chi connectivity index (χ1n) is 5.10.